The number of nitrogens with one attached hydrogen (secondary N) is 1. The monoisotopic (exact) mass is 1290 g/mol. The number of aliphatic hydroxyl groups excluding tert-OH is 2. The second kappa shape index (κ2) is 81.2. The van der Waals surface area contributed by atoms with Crippen LogP contribution in [0.15, 0.2) is 48.6 Å². The van der Waals surface area contributed by atoms with E-state index in [2.05, 4.69) is 55.6 Å². The fourth-order valence-corrected chi connectivity index (χ4v) is 13.2. The maximum Gasteiger partial charge on any atom is 0.305 e. The first-order chi connectivity index (χ1) is 45.5. The Labute approximate surface area is 576 Å². The highest BCUT2D eigenvalue weighted by molar-refractivity contribution is 5.76. The smallest absolute Gasteiger partial charge is 0.305 e. The van der Waals surface area contributed by atoms with Gasteiger partial charge in [-0.05, 0) is 89.9 Å². The Kier molecular flexibility index (Phi) is 79.3. The van der Waals surface area contributed by atoms with E-state index < -0.39 is 12.1 Å². The van der Waals surface area contributed by atoms with E-state index in [0.29, 0.717) is 19.4 Å². The Morgan fingerprint density at radius 2 is 0.543 bits per heavy atom. The second-order valence-corrected chi connectivity index (χ2v) is 28.8. The van der Waals surface area contributed by atoms with Gasteiger partial charge in [0.2, 0.25) is 5.91 Å². The third kappa shape index (κ3) is 76.8. The Bertz CT molecular complexity index is 1540. The highest BCUT2D eigenvalue weighted by Crippen LogP contribution is 2.20. The fourth-order valence-electron chi connectivity index (χ4n) is 13.2. The van der Waals surface area contributed by atoms with Gasteiger partial charge >= 0.3 is 5.97 Å². The van der Waals surface area contributed by atoms with Crippen molar-refractivity contribution in [3.8, 4) is 0 Å². The lowest BCUT2D eigenvalue weighted by Gasteiger charge is -2.20. The molecule has 0 spiro atoms. The van der Waals surface area contributed by atoms with Gasteiger partial charge in [-0.15, -0.1) is 0 Å². The van der Waals surface area contributed by atoms with Crippen LogP contribution in [0.25, 0.3) is 0 Å². The average Bonchev–Trinajstić information content (AvgIpc) is 3.62. The number of hydrogen-bond donors (Lipinski definition) is 3. The van der Waals surface area contributed by atoms with E-state index in [1.54, 1.807) is 6.08 Å². The van der Waals surface area contributed by atoms with Gasteiger partial charge in [-0.25, -0.2) is 0 Å². The summed E-state index contributed by atoms with van der Waals surface area (Å²) in [6.07, 6.45) is 108. The third-order valence-corrected chi connectivity index (χ3v) is 19.6. The molecule has 3 N–H and O–H groups in total. The van der Waals surface area contributed by atoms with Crippen LogP contribution in [0.5, 0.6) is 0 Å². The SMILES string of the molecule is CCCCC/C=C\C/C=C\CCCCCCCC(=O)OCCCCCCCCCCCCCCCCCC/C=C\CCCCCCCCCCCCCCCCCCCC(=O)NC(CO)C(O)/C=C/CCCCCCCCCCCCCCCCCCCCCCC. The first-order valence-corrected chi connectivity index (χ1v) is 41.9. The number of ether oxygens (including phenoxy) is 1. The molecule has 6 nitrogen and oxygen atoms in total. The van der Waals surface area contributed by atoms with Gasteiger partial charge < -0.3 is 20.3 Å². The minimum Gasteiger partial charge on any atom is -0.466 e. The van der Waals surface area contributed by atoms with E-state index in [9.17, 15) is 19.8 Å². The van der Waals surface area contributed by atoms with Gasteiger partial charge in [0.15, 0.2) is 0 Å². The molecule has 0 aliphatic rings. The molecule has 0 aliphatic carbocycles. The molecule has 92 heavy (non-hydrogen) atoms. The van der Waals surface area contributed by atoms with Crippen molar-refractivity contribution < 1.29 is 24.5 Å². The molecule has 0 aromatic heterocycles. The number of carbonyl (C=O) groups is 2. The number of rotatable bonds is 79. The first-order valence-electron chi connectivity index (χ1n) is 41.9. The normalized spacial score (nSPS) is 12.7. The molecule has 6 heteroatoms. The Morgan fingerprint density at radius 1 is 0.304 bits per heavy atom. The summed E-state index contributed by atoms with van der Waals surface area (Å²) in [6.45, 7) is 4.92. The maximum absolute atomic E-state index is 12.6. The molecule has 542 valence electrons. The van der Waals surface area contributed by atoms with Gasteiger partial charge in [-0.3, -0.25) is 9.59 Å². The zero-order chi connectivity index (χ0) is 66.3. The molecule has 2 atom stereocenters. The summed E-state index contributed by atoms with van der Waals surface area (Å²) in [5.74, 6) is -0.0515. The predicted octanol–water partition coefficient (Wildman–Crippen LogP) is 27.9. The Balaban J connectivity index is 3.36. The van der Waals surface area contributed by atoms with Gasteiger partial charge in [0.05, 0.1) is 25.4 Å². The van der Waals surface area contributed by atoms with Crippen LogP contribution >= 0.6 is 0 Å². The van der Waals surface area contributed by atoms with Crippen LogP contribution in [-0.2, 0) is 14.3 Å². The zero-order valence-electron chi connectivity index (χ0n) is 62.3. The molecule has 0 aliphatic heterocycles. The van der Waals surface area contributed by atoms with Crippen molar-refractivity contribution in [3.05, 3.63) is 48.6 Å². The summed E-state index contributed by atoms with van der Waals surface area (Å²) in [5.41, 5.74) is 0. The van der Waals surface area contributed by atoms with Crippen molar-refractivity contribution in [2.45, 2.75) is 475 Å². The van der Waals surface area contributed by atoms with Gasteiger partial charge in [-0.1, -0.05) is 409 Å². The quantitative estimate of drug-likeness (QED) is 0.0320. The summed E-state index contributed by atoms with van der Waals surface area (Å²) in [4.78, 5) is 24.6. The Morgan fingerprint density at radius 3 is 0.859 bits per heavy atom. The first kappa shape index (κ1) is 89.8. The number of allylic oxidation sites excluding steroid dienone is 7. The maximum atomic E-state index is 12.6. The molecule has 0 aromatic rings. The molecule has 2 unspecified atom stereocenters. The number of amides is 1. The predicted molar refractivity (Wildman–Crippen MR) is 407 cm³/mol. The van der Waals surface area contributed by atoms with E-state index in [4.69, 9.17) is 4.74 Å². The fraction of sp³-hybridized carbons (Fsp3) is 0.884. The van der Waals surface area contributed by atoms with Gasteiger partial charge in [0, 0.05) is 12.8 Å². The molecule has 0 saturated carbocycles. The van der Waals surface area contributed by atoms with Crippen molar-refractivity contribution in [1.82, 2.24) is 5.32 Å². The minimum atomic E-state index is -0.844. The molecular formula is C86H163NO5. The van der Waals surface area contributed by atoms with E-state index in [0.717, 1.165) is 51.4 Å². The molecule has 0 radical (unpaired) electrons. The van der Waals surface area contributed by atoms with Crippen molar-refractivity contribution in [3.63, 3.8) is 0 Å². The molecule has 0 saturated heterocycles. The van der Waals surface area contributed by atoms with Crippen molar-refractivity contribution in [2.75, 3.05) is 13.2 Å². The van der Waals surface area contributed by atoms with Crippen LogP contribution in [0.1, 0.15) is 463 Å². The van der Waals surface area contributed by atoms with Crippen LogP contribution in [0, 0.1) is 0 Å². The molecule has 0 rings (SSSR count). The number of hydrogen-bond acceptors (Lipinski definition) is 5. The van der Waals surface area contributed by atoms with Crippen LogP contribution in [0.4, 0.5) is 0 Å². The lowest BCUT2D eigenvalue weighted by Crippen LogP contribution is -2.45. The van der Waals surface area contributed by atoms with Crippen molar-refractivity contribution in [2.24, 2.45) is 0 Å². The average molecular weight is 1290 g/mol. The van der Waals surface area contributed by atoms with Crippen molar-refractivity contribution >= 4 is 11.9 Å². The minimum absolute atomic E-state index is 0.00770. The van der Waals surface area contributed by atoms with Crippen LogP contribution in [0.3, 0.4) is 0 Å². The van der Waals surface area contributed by atoms with Crippen molar-refractivity contribution in [1.29, 1.82) is 0 Å². The van der Waals surface area contributed by atoms with E-state index in [-0.39, 0.29) is 18.5 Å². The molecule has 0 aromatic carbocycles. The third-order valence-electron chi connectivity index (χ3n) is 19.6. The van der Waals surface area contributed by atoms with E-state index in [1.807, 2.05) is 6.08 Å². The standard InChI is InChI=1S/C86H163NO5/c1-3-5-7-9-11-13-15-17-19-20-21-22-38-41-44-47-51-54-58-62-66-70-74-78-84(89)83(82-88)87-85(90)79-75-71-67-63-59-55-52-48-45-42-39-36-34-32-30-28-26-24-23-25-27-29-31-33-35-37-40-43-46-49-53-57-61-65-69-73-77-81-92-86(91)80-76-72-68-64-60-56-50-18-16-14-12-10-8-6-4-2/h12,14,18,23,25,50,74,78,83-84,88-89H,3-11,13,15-17,19-22,24,26-49,51-73,75-77,79-82H2,1-2H3,(H,87,90)/b14-12-,25-23-,50-18-,78-74+. The van der Waals surface area contributed by atoms with Gasteiger partial charge in [-0.2, -0.15) is 0 Å². The second-order valence-electron chi connectivity index (χ2n) is 28.8. The number of carbonyl (C=O) groups excluding carboxylic acids is 2. The molecule has 0 bridgehead atoms. The topological polar surface area (TPSA) is 95.9 Å². The van der Waals surface area contributed by atoms with Crippen LogP contribution in [-0.4, -0.2) is 47.4 Å². The van der Waals surface area contributed by atoms with Crippen LogP contribution < -0.4 is 5.32 Å². The summed E-state index contributed by atoms with van der Waals surface area (Å²) in [7, 11) is 0. The van der Waals surface area contributed by atoms with E-state index >= 15 is 0 Å². The molecule has 0 heterocycles. The highest BCUT2D eigenvalue weighted by Gasteiger charge is 2.18. The number of esters is 1. The lowest BCUT2D eigenvalue weighted by atomic mass is 10.0. The lowest BCUT2D eigenvalue weighted by molar-refractivity contribution is -0.143. The number of aliphatic hydroxyl groups is 2. The zero-order valence-corrected chi connectivity index (χ0v) is 62.3. The van der Waals surface area contributed by atoms with Crippen LogP contribution in [0.2, 0.25) is 0 Å². The molecular weight excluding hydrogens is 1130 g/mol. The summed E-state index contributed by atoms with van der Waals surface area (Å²) < 4.78 is 5.49. The Hall–Kier alpha value is -2.18. The largest absolute Gasteiger partial charge is 0.466 e. The van der Waals surface area contributed by atoms with E-state index in [1.165, 1.54) is 385 Å². The highest BCUT2D eigenvalue weighted by atomic mass is 16.5. The van der Waals surface area contributed by atoms with Gasteiger partial charge in [0.1, 0.15) is 0 Å². The summed E-state index contributed by atoms with van der Waals surface area (Å²) in [6, 6.07) is -0.627. The molecule has 0 fully saturated rings. The summed E-state index contributed by atoms with van der Waals surface area (Å²) in [5, 5.41) is 23.3. The number of unbranched alkanes of at least 4 members (excludes halogenated alkanes) is 62. The van der Waals surface area contributed by atoms with Gasteiger partial charge in [0.25, 0.3) is 0 Å². The summed E-state index contributed by atoms with van der Waals surface area (Å²) >= 11 is 0. The molecule has 1 amide bonds.